The summed E-state index contributed by atoms with van der Waals surface area (Å²) in [6.45, 7) is 1.98. The molecule has 2 atom stereocenters. The van der Waals surface area contributed by atoms with Gasteiger partial charge in [-0.3, -0.25) is 0 Å². The molecule has 19 heavy (non-hydrogen) atoms. The molecule has 1 aliphatic heterocycles. The molecule has 1 aromatic carbocycles. The molecule has 2 rings (SSSR count). The third-order valence-corrected chi connectivity index (χ3v) is 3.32. The SMILES string of the molecule is CCOC(=O)[C@H]1OC(=O)N[C@@H]1Cc1ccc(Br)cc1. The minimum Gasteiger partial charge on any atom is -0.463 e. The Bertz CT molecular complexity index is 474. The zero-order valence-corrected chi connectivity index (χ0v) is 12.0. The first-order valence-corrected chi connectivity index (χ1v) is 6.77. The highest BCUT2D eigenvalue weighted by Crippen LogP contribution is 2.17. The summed E-state index contributed by atoms with van der Waals surface area (Å²) in [5.74, 6) is -0.511. The molecule has 1 N–H and O–H groups in total. The van der Waals surface area contributed by atoms with Crippen LogP contribution < -0.4 is 5.32 Å². The van der Waals surface area contributed by atoms with Crippen molar-refractivity contribution in [3.63, 3.8) is 0 Å². The highest BCUT2D eigenvalue weighted by molar-refractivity contribution is 9.10. The summed E-state index contributed by atoms with van der Waals surface area (Å²) in [5.41, 5.74) is 1.01. The maximum atomic E-state index is 11.7. The van der Waals surface area contributed by atoms with E-state index in [1.807, 2.05) is 24.3 Å². The predicted molar refractivity (Wildman–Crippen MR) is 71.7 cm³/mol. The van der Waals surface area contributed by atoms with Gasteiger partial charge in [0.2, 0.25) is 6.10 Å². The van der Waals surface area contributed by atoms with Crippen LogP contribution in [0.2, 0.25) is 0 Å². The second-order valence-electron chi connectivity index (χ2n) is 4.16. The third-order valence-electron chi connectivity index (χ3n) is 2.79. The molecule has 1 aromatic rings. The van der Waals surface area contributed by atoms with E-state index in [4.69, 9.17) is 9.47 Å². The first kappa shape index (κ1) is 13.9. The lowest BCUT2D eigenvalue weighted by atomic mass is 10.0. The second kappa shape index (κ2) is 6.06. The van der Waals surface area contributed by atoms with Crippen LogP contribution in [-0.2, 0) is 20.7 Å². The van der Waals surface area contributed by atoms with Crippen LogP contribution in [0.5, 0.6) is 0 Å². The van der Waals surface area contributed by atoms with Crippen LogP contribution >= 0.6 is 15.9 Å². The Balaban J connectivity index is 2.06. The summed E-state index contributed by atoms with van der Waals surface area (Å²) < 4.78 is 10.8. The first-order valence-electron chi connectivity index (χ1n) is 5.98. The molecule has 1 heterocycles. The Kier molecular flexibility index (Phi) is 4.42. The molecular weight excluding hydrogens is 314 g/mol. The number of ether oxygens (including phenoxy) is 2. The number of hydrogen-bond acceptors (Lipinski definition) is 4. The molecule has 102 valence electrons. The topological polar surface area (TPSA) is 64.6 Å². The fraction of sp³-hybridized carbons (Fsp3) is 0.385. The smallest absolute Gasteiger partial charge is 0.408 e. The lowest BCUT2D eigenvalue weighted by molar-refractivity contribution is -0.152. The quantitative estimate of drug-likeness (QED) is 0.859. The summed E-state index contributed by atoms with van der Waals surface area (Å²) in [6, 6.07) is 7.28. The third kappa shape index (κ3) is 3.47. The van der Waals surface area contributed by atoms with Crippen molar-refractivity contribution >= 4 is 28.0 Å². The molecule has 1 saturated heterocycles. The Labute approximate surface area is 119 Å². The number of nitrogens with one attached hydrogen (secondary N) is 1. The highest BCUT2D eigenvalue weighted by atomic mass is 79.9. The molecule has 0 saturated carbocycles. The van der Waals surface area contributed by atoms with Crippen molar-refractivity contribution in [1.82, 2.24) is 5.32 Å². The zero-order valence-electron chi connectivity index (χ0n) is 10.4. The van der Waals surface area contributed by atoms with Gasteiger partial charge in [-0.15, -0.1) is 0 Å². The number of amides is 1. The molecular formula is C13H14BrNO4. The van der Waals surface area contributed by atoms with E-state index in [0.29, 0.717) is 6.42 Å². The van der Waals surface area contributed by atoms with Gasteiger partial charge in [0.15, 0.2) is 0 Å². The van der Waals surface area contributed by atoms with E-state index in [1.54, 1.807) is 6.92 Å². The summed E-state index contributed by atoms with van der Waals surface area (Å²) in [7, 11) is 0. The first-order chi connectivity index (χ1) is 9.10. The number of halogens is 1. The molecule has 0 bridgehead atoms. The summed E-state index contributed by atoms with van der Waals surface area (Å²) >= 11 is 3.35. The molecule has 0 spiro atoms. The average molecular weight is 328 g/mol. The molecule has 1 aliphatic rings. The monoisotopic (exact) mass is 327 g/mol. The normalized spacial score (nSPS) is 21.7. The predicted octanol–water partition coefficient (Wildman–Crippen LogP) is 2.03. The van der Waals surface area contributed by atoms with Crippen molar-refractivity contribution < 1.29 is 19.1 Å². The van der Waals surface area contributed by atoms with Gasteiger partial charge in [-0.25, -0.2) is 9.59 Å². The van der Waals surface area contributed by atoms with Crippen molar-refractivity contribution in [3.05, 3.63) is 34.3 Å². The van der Waals surface area contributed by atoms with Gasteiger partial charge >= 0.3 is 12.1 Å². The van der Waals surface area contributed by atoms with Crippen molar-refractivity contribution in [2.75, 3.05) is 6.61 Å². The molecule has 1 amide bonds. The van der Waals surface area contributed by atoms with Crippen molar-refractivity contribution in [1.29, 1.82) is 0 Å². The summed E-state index contributed by atoms with van der Waals surface area (Å²) in [4.78, 5) is 23.0. The lowest BCUT2D eigenvalue weighted by Crippen LogP contribution is -2.39. The maximum Gasteiger partial charge on any atom is 0.408 e. The number of rotatable bonds is 4. The van der Waals surface area contributed by atoms with Crippen LogP contribution in [0, 0.1) is 0 Å². The number of hydrogen-bond donors (Lipinski definition) is 1. The summed E-state index contributed by atoms with van der Waals surface area (Å²) in [5, 5.41) is 2.63. The Morgan fingerprint density at radius 3 is 2.74 bits per heavy atom. The van der Waals surface area contributed by atoms with Crippen LogP contribution in [0.4, 0.5) is 4.79 Å². The Morgan fingerprint density at radius 1 is 1.42 bits per heavy atom. The van der Waals surface area contributed by atoms with Crippen LogP contribution in [0.1, 0.15) is 12.5 Å². The second-order valence-corrected chi connectivity index (χ2v) is 5.08. The fourth-order valence-corrected chi connectivity index (χ4v) is 2.19. The number of esters is 1. The van der Waals surface area contributed by atoms with E-state index >= 15 is 0 Å². The number of alkyl carbamates (subject to hydrolysis) is 1. The molecule has 0 unspecified atom stereocenters. The zero-order chi connectivity index (χ0) is 13.8. The minimum atomic E-state index is -0.879. The van der Waals surface area contributed by atoms with Gasteiger partial charge in [0.25, 0.3) is 0 Å². The van der Waals surface area contributed by atoms with Crippen LogP contribution in [0.15, 0.2) is 28.7 Å². The largest absolute Gasteiger partial charge is 0.463 e. The Hall–Kier alpha value is -1.56. The molecule has 0 radical (unpaired) electrons. The number of carbonyl (C=O) groups is 2. The minimum absolute atomic E-state index is 0.262. The van der Waals surface area contributed by atoms with Gasteiger partial charge in [0.05, 0.1) is 12.6 Å². The molecule has 0 aromatic heterocycles. The molecule has 1 fully saturated rings. The van der Waals surface area contributed by atoms with E-state index < -0.39 is 24.2 Å². The Morgan fingerprint density at radius 2 is 2.11 bits per heavy atom. The average Bonchev–Trinajstić information content (AvgIpc) is 2.74. The molecule has 5 nitrogen and oxygen atoms in total. The van der Waals surface area contributed by atoms with Gasteiger partial charge < -0.3 is 14.8 Å². The lowest BCUT2D eigenvalue weighted by Gasteiger charge is -2.15. The van der Waals surface area contributed by atoms with Crippen molar-refractivity contribution in [2.45, 2.75) is 25.5 Å². The van der Waals surface area contributed by atoms with Crippen molar-refractivity contribution in [3.8, 4) is 0 Å². The van der Waals surface area contributed by atoms with Crippen LogP contribution in [-0.4, -0.2) is 30.8 Å². The fourth-order valence-electron chi connectivity index (χ4n) is 1.93. The van der Waals surface area contributed by atoms with Crippen LogP contribution in [0.3, 0.4) is 0 Å². The number of benzene rings is 1. The van der Waals surface area contributed by atoms with E-state index in [0.717, 1.165) is 10.0 Å². The van der Waals surface area contributed by atoms with Gasteiger partial charge in [0, 0.05) is 4.47 Å². The van der Waals surface area contributed by atoms with Crippen LogP contribution in [0.25, 0.3) is 0 Å². The highest BCUT2D eigenvalue weighted by Gasteiger charge is 2.40. The van der Waals surface area contributed by atoms with Gasteiger partial charge in [0.1, 0.15) is 0 Å². The standard InChI is InChI=1S/C13H14BrNO4/c1-2-18-12(16)11-10(15-13(17)19-11)7-8-3-5-9(14)6-4-8/h3-6,10-11H,2,7H2,1H3,(H,15,17)/t10-,11+/m1/s1. The molecule has 6 heteroatoms. The molecule has 0 aliphatic carbocycles. The van der Waals surface area contributed by atoms with Gasteiger partial charge in [-0.1, -0.05) is 28.1 Å². The summed E-state index contributed by atoms with van der Waals surface area (Å²) in [6.07, 6.45) is -0.945. The van der Waals surface area contributed by atoms with E-state index in [1.165, 1.54) is 0 Å². The van der Waals surface area contributed by atoms with E-state index in [-0.39, 0.29) is 6.61 Å². The van der Waals surface area contributed by atoms with Gasteiger partial charge in [-0.2, -0.15) is 0 Å². The van der Waals surface area contributed by atoms with Crippen molar-refractivity contribution in [2.24, 2.45) is 0 Å². The van der Waals surface area contributed by atoms with Gasteiger partial charge in [-0.05, 0) is 31.0 Å². The van der Waals surface area contributed by atoms with E-state index in [2.05, 4.69) is 21.2 Å². The number of carbonyl (C=O) groups excluding carboxylic acids is 2. The maximum absolute atomic E-state index is 11.7. The number of cyclic esters (lactones) is 1. The van der Waals surface area contributed by atoms with E-state index in [9.17, 15) is 9.59 Å².